The maximum Gasteiger partial charge on any atom is 0.222 e. The smallest absolute Gasteiger partial charge is 0.222 e. The highest BCUT2D eigenvalue weighted by Crippen LogP contribution is 2.14. The van der Waals surface area contributed by atoms with Crippen LogP contribution in [0.2, 0.25) is 0 Å². The molecule has 1 atom stereocenters. The lowest BCUT2D eigenvalue weighted by atomic mass is 10.2. The molecule has 0 spiro atoms. The predicted molar refractivity (Wildman–Crippen MR) is 40.7 cm³/mol. The molecular weight excluding hydrogens is 126 g/mol. The molecule has 0 aromatic carbocycles. The number of nitrogens with zero attached hydrogens (tertiary/aromatic N) is 1. The average molecular weight is 141 g/mol. The second kappa shape index (κ2) is 3.04. The monoisotopic (exact) mass is 141 g/mol. The van der Waals surface area contributed by atoms with Crippen LogP contribution in [0.4, 0.5) is 0 Å². The van der Waals surface area contributed by atoms with Gasteiger partial charge in [0.25, 0.3) is 0 Å². The van der Waals surface area contributed by atoms with Crippen LogP contribution in [-0.2, 0) is 4.79 Å². The van der Waals surface area contributed by atoms with Crippen LogP contribution in [-0.4, -0.2) is 23.4 Å². The van der Waals surface area contributed by atoms with E-state index in [1.54, 1.807) is 0 Å². The molecule has 0 saturated carbocycles. The topological polar surface area (TPSA) is 20.3 Å². The molecule has 0 aromatic heterocycles. The van der Waals surface area contributed by atoms with Crippen molar-refractivity contribution >= 4 is 5.91 Å². The molecule has 1 rings (SSSR count). The maximum atomic E-state index is 11.1. The first-order valence-electron chi connectivity index (χ1n) is 4.05. The Morgan fingerprint density at radius 3 is 2.80 bits per heavy atom. The summed E-state index contributed by atoms with van der Waals surface area (Å²) in [7, 11) is 0. The van der Waals surface area contributed by atoms with Crippen LogP contribution < -0.4 is 0 Å². The first-order valence-corrected chi connectivity index (χ1v) is 4.05. The molecule has 0 unspecified atom stereocenters. The molecule has 1 saturated heterocycles. The molecule has 1 amide bonds. The van der Waals surface area contributed by atoms with Gasteiger partial charge >= 0.3 is 0 Å². The summed E-state index contributed by atoms with van der Waals surface area (Å²) >= 11 is 0. The number of hydrogen-bond acceptors (Lipinski definition) is 1. The zero-order chi connectivity index (χ0) is 7.56. The first kappa shape index (κ1) is 7.58. The van der Waals surface area contributed by atoms with Crippen LogP contribution in [0.5, 0.6) is 0 Å². The summed E-state index contributed by atoms with van der Waals surface area (Å²) in [5.74, 6) is 0.342. The summed E-state index contributed by atoms with van der Waals surface area (Å²) in [6, 6.07) is 0.454. The van der Waals surface area contributed by atoms with E-state index in [0.717, 1.165) is 25.8 Å². The molecule has 0 bridgehead atoms. The van der Waals surface area contributed by atoms with Crippen molar-refractivity contribution < 1.29 is 4.79 Å². The van der Waals surface area contributed by atoms with Gasteiger partial charge in [-0.25, -0.2) is 0 Å². The molecule has 0 aliphatic carbocycles. The average Bonchev–Trinajstić information content (AvgIpc) is 2.34. The Kier molecular flexibility index (Phi) is 2.30. The maximum absolute atomic E-state index is 11.1. The summed E-state index contributed by atoms with van der Waals surface area (Å²) < 4.78 is 0. The SMILES string of the molecule is CC[C@@H](C)N1CCCC1=O. The van der Waals surface area contributed by atoms with E-state index in [2.05, 4.69) is 13.8 Å². The van der Waals surface area contributed by atoms with Crippen molar-refractivity contribution in [2.45, 2.75) is 39.2 Å². The molecule has 1 aliphatic rings. The minimum atomic E-state index is 0.342. The number of rotatable bonds is 2. The van der Waals surface area contributed by atoms with Gasteiger partial charge in [0.05, 0.1) is 0 Å². The summed E-state index contributed by atoms with van der Waals surface area (Å²) in [4.78, 5) is 13.1. The van der Waals surface area contributed by atoms with Crippen LogP contribution in [0.25, 0.3) is 0 Å². The molecule has 1 aliphatic heterocycles. The van der Waals surface area contributed by atoms with Gasteiger partial charge in [-0.1, -0.05) is 6.92 Å². The van der Waals surface area contributed by atoms with Crippen molar-refractivity contribution in [3.8, 4) is 0 Å². The van der Waals surface area contributed by atoms with E-state index in [9.17, 15) is 4.79 Å². The van der Waals surface area contributed by atoms with E-state index in [4.69, 9.17) is 0 Å². The standard InChI is InChI=1S/C8H15NO/c1-3-7(2)9-6-4-5-8(9)10/h7H,3-6H2,1-2H3/t7-/m1/s1. The lowest BCUT2D eigenvalue weighted by Crippen LogP contribution is -2.33. The van der Waals surface area contributed by atoms with Gasteiger partial charge in [-0.2, -0.15) is 0 Å². The van der Waals surface area contributed by atoms with Gasteiger partial charge in [0.15, 0.2) is 0 Å². The number of carbonyl (C=O) groups excluding carboxylic acids is 1. The third kappa shape index (κ3) is 1.31. The van der Waals surface area contributed by atoms with Crippen LogP contribution in [0.15, 0.2) is 0 Å². The molecular formula is C8H15NO. The highest BCUT2D eigenvalue weighted by Gasteiger charge is 2.23. The summed E-state index contributed by atoms with van der Waals surface area (Å²) in [6.45, 7) is 5.22. The molecule has 10 heavy (non-hydrogen) atoms. The van der Waals surface area contributed by atoms with Gasteiger partial charge in [0.2, 0.25) is 5.91 Å². The minimum Gasteiger partial charge on any atom is -0.340 e. The molecule has 1 fully saturated rings. The van der Waals surface area contributed by atoms with E-state index in [-0.39, 0.29) is 0 Å². The fourth-order valence-corrected chi connectivity index (χ4v) is 1.36. The third-order valence-electron chi connectivity index (χ3n) is 2.23. The van der Waals surface area contributed by atoms with E-state index in [1.165, 1.54) is 0 Å². The summed E-state index contributed by atoms with van der Waals surface area (Å²) in [5, 5.41) is 0. The molecule has 1 heterocycles. The number of likely N-dealkylation sites (tertiary alicyclic amines) is 1. The first-order chi connectivity index (χ1) is 4.75. The van der Waals surface area contributed by atoms with Crippen molar-refractivity contribution in [2.75, 3.05) is 6.54 Å². The second-order valence-corrected chi connectivity index (χ2v) is 2.95. The highest BCUT2D eigenvalue weighted by molar-refractivity contribution is 5.78. The van der Waals surface area contributed by atoms with Gasteiger partial charge in [-0.3, -0.25) is 4.79 Å². The predicted octanol–water partition coefficient (Wildman–Crippen LogP) is 1.41. The van der Waals surface area contributed by atoms with Crippen LogP contribution in [0.3, 0.4) is 0 Å². The second-order valence-electron chi connectivity index (χ2n) is 2.95. The van der Waals surface area contributed by atoms with Crippen molar-refractivity contribution in [1.82, 2.24) is 4.90 Å². The lowest BCUT2D eigenvalue weighted by Gasteiger charge is -2.22. The number of amides is 1. The quantitative estimate of drug-likeness (QED) is 0.569. The zero-order valence-corrected chi connectivity index (χ0v) is 6.76. The Hall–Kier alpha value is -0.530. The lowest BCUT2D eigenvalue weighted by molar-refractivity contribution is -0.129. The van der Waals surface area contributed by atoms with Crippen LogP contribution >= 0.6 is 0 Å². The summed E-state index contributed by atoms with van der Waals surface area (Å²) in [6.07, 6.45) is 2.90. The Bertz CT molecular complexity index is 133. The van der Waals surface area contributed by atoms with Crippen LogP contribution in [0.1, 0.15) is 33.1 Å². The molecule has 2 heteroatoms. The zero-order valence-electron chi connectivity index (χ0n) is 6.76. The van der Waals surface area contributed by atoms with E-state index in [0.29, 0.717) is 11.9 Å². The van der Waals surface area contributed by atoms with Crippen LogP contribution in [0, 0.1) is 0 Å². The van der Waals surface area contributed by atoms with Crippen molar-refractivity contribution in [2.24, 2.45) is 0 Å². The largest absolute Gasteiger partial charge is 0.340 e. The van der Waals surface area contributed by atoms with Gasteiger partial charge in [0, 0.05) is 19.0 Å². The van der Waals surface area contributed by atoms with E-state index < -0.39 is 0 Å². The van der Waals surface area contributed by atoms with Crippen molar-refractivity contribution in [3.05, 3.63) is 0 Å². The fourth-order valence-electron chi connectivity index (χ4n) is 1.36. The van der Waals surface area contributed by atoms with Gasteiger partial charge in [-0.15, -0.1) is 0 Å². The van der Waals surface area contributed by atoms with Crippen molar-refractivity contribution in [1.29, 1.82) is 0 Å². The molecule has 0 aromatic rings. The normalized spacial score (nSPS) is 21.8. The third-order valence-corrected chi connectivity index (χ3v) is 2.23. The fraction of sp³-hybridized carbons (Fsp3) is 0.875. The van der Waals surface area contributed by atoms with Gasteiger partial charge < -0.3 is 4.90 Å². The van der Waals surface area contributed by atoms with E-state index >= 15 is 0 Å². The Morgan fingerprint density at radius 1 is 1.70 bits per heavy atom. The summed E-state index contributed by atoms with van der Waals surface area (Å²) in [5.41, 5.74) is 0. The number of carbonyl (C=O) groups is 1. The Labute approximate surface area is 62.2 Å². The van der Waals surface area contributed by atoms with Gasteiger partial charge in [0.1, 0.15) is 0 Å². The van der Waals surface area contributed by atoms with Crippen molar-refractivity contribution in [3.63, 3.8) is 0 Å². The molecule has 2 nitrogen and oxygen atoms in total. The van der Waals surface area contributed by atoms with Gasteiger partial charge in [-0.05, 0) is 19.8 Å². The highest BCUT2D eigenvalue weighted by atomic mass is 16.2. The Balaban J connectivity index is 2.46. The molecule has 58 valence electrons. The molecule has 0 radical (unpaired) electrons. The number of hydrogen-bond donors (Lipinski definition) is 0. The minimum absolute atomic E-state index is 0.342. The molecule has 0 N–H and O–H groups in total. The van der Waals surface area contributed by atoms with E-state index in [1.807, 2.05) is 4.90 Å². The Morgan fingerprint density at radius 2 is 2.40 bits per heavy atom.